The van der Waals surface area contributed by atoms with Gasteiger partial charge in [0, 0.05) is 18.1 Å². The molecule has 1 N–H and O–H groups in total. The Labute approximate surface area is 102 Å². The summed E-state index contributed by atoms with van der Waals surface area (Å²) in [6, 6.07) is 9.16. The van der Waals surface area contributed by atoms with E-state index in [0.29, 0.717) is 0 Å². The Bertz CT molecular complexity index is 528. The van der Waals surface area contributed by atoms with Gasteiger partial charge in [-0.25, -0.2) is 0 Å². The molecular weight excluding hydrogens is 245 g/mol. The minimum atomic E-state index is -4.32. The second kappa shape index (κ2) is 5.32. The molecule has 0 aliphatic carbocycles. The number of nitrogens with one attached hydrogen (secondary N) is 1. The number of hydroxylamine groups is 1. The Morgan fingerprint density at radius 3 is 2.83 bits per heavy atom. The zero-order valence-electron chi connectivity index (χ0n) is 9.37. The van der Waals surface area contributed by atoms with Crippen molar-refractivity contribution in [1.29, 1.82) is 0 Å². The first kappa shape index (κ1) is 12.8. The van der Waals surface area contributed by atoms with Crippen molar-refractivity contribution < 1.29 is 18.0 Å². The summed E-state index contributed by atoms with van der Waals surface area (Å²) < 4.78 is 35.4. The lowest BCUT2D eigenvalue weighted by Gasteiger charge is -2.08. The predicted molar refractivity (Wildman–Crippen MR) is 60.6 cm³/mol. The summed E-state index contributed by atoms with van der Waals surface area (Å²) in [6.45, 7) is -1.09. The van der Waals surface area contributed by atoms with Crippen LogP contribution in [0.2, 0.25) is 0 Å². The minimum absolute atomic E-state index is 0.209. The molecule has 96 valence electrons. The third-order valence-corrected chi connectivity index (χ3v) is 2.28. The lowest BCUT2D eigenvalue weighted by atomic mass is 10.1. The maximum atomic E-state index is 11.8. The molecule has 0 atom stereocenters. The first-order valence-corrected chi connectivity index (χ1v) is 5.30. The van der Waals surface area contributed by atoms with Gasteiger partial charge in [0.2, 0.25) is 0 Å². The zero-order valence-corrected chi connectivity index (χ0v) is 9.37. The summed E-state index contributed by atoms with van der Waals surface area (Å²) in [5, 5.41) is 0.938. The van der Waals surface area contributed by atoms with Crippen LogP contribution in [-0.4, -0.2) is 17.8 Å². The SMILES string of the molecule is FC(F)(F)CONCc1ccc2ncccc2c1. The molecule has 2 rings (SSSR count). The smallest absolute Gasteiger partial charge is 0.292 e. The third-order valence-electron chi connectivity index (χ3n) is 2.28. The normalized spacial score (nSPS) is 11.9. The molecule has 2 aromatic rings. The summed E-state index contributed by atoms with van der Waals surface area (Å²) in [4.78, 5) is 8.47. The molecule has 18 heavy (non-hydrogen) atoms. The maximum Gasteiger partial charge on any atom is 0.413 e. The molecule has 1 aromatic heterocycles. The third kappa shape index (κ3) is 3.68. The van der Waals surface area contributed by atoms with Crippen LogP contribution in [0.25, 0.3) is 10.9 Å². The molecule has 3 nitrogen and oxygen atoms in total. The zero-order chi connectivity index (χ0) is 13.0. The van der Waals surface area contributed by atoms with Crippen LogP contribution >= 0.6 is 0 Å². The van der Waals surface area contributed by atoms with Crippen molar-refractivity contribution in [3.8, 4) is 0 Å². The van der Waals surface area contributed by atoms with Gasteiger partial charge in [0.25, 0.3) is 0 Å². The second-order valence-corrected chi connectivity index (χ2v) is 3.76. The number of nitrogens with zero attached hydrogens (tertiary/aromatic N) is 1. The summed E-state index contributed by atoms with van der Waals surface area (Å²) >= 11 is 0. The number of alkyl halides is 3. The topological polar surface area (TPSA) is 34.1 Å². The van der Waals surface area contributed by atoms with Gasteiger partial charge in [-0.1, -0.05) is 12.1 Å². The van der Waals surface area contributed by atoms with Crippen molar-refractivity contribution in [2.45, 2.75) is 12.7 Å². The van der Waals surface area contributed by atoms with Crippen LogP contribution in [0.15, 0.2) is 36.5 Å². The van der Waals surface area contributed by atoms with Gasteiger partial charge in [-0.05, 0) is 23.8 Å². The number of aromatic nitrogens is 1. The summed E-state index contributed by atoms with van der Waals surface area (Å²) in [5.41, 5.74) is 3.96. The first-order chi connectivity index (χ1) is 8.54. The number of fused-ring (bicyclic) bond motifs is 1. The summed E-state index contributed by atoms with van der Waals surface area (Å²) in [6.07, 6.45) is -2.63. The van der Waals surface area contributed by atoms with Crippen molar-refractivity contribution in [3.63, 3.8) is 0 Å². The number of halogens is 3. The minimum Gasteiger partial charge on any atom is -0.292 e. The van der Waals surface area contributed by atoms with Crippen molar-refractivity contribution in [3.05, 3.63) is 42.1 Å². The highest BCUT2D eigenvalue weighted by atomic mass is 19.4. The molecule has 0 aliphatic rings. The van der Waals surface area contributed by atoms with Crippen LogP contribution in [-0.2, 0) is 11.4 Å². The highest BCUT2D eigenvalue weighted by Crippen LogP contribution is 2.15. The van der Waals surface area contributed by atoms with Crippen molar-refractivity contribution in [1.82, 2.24) is 10.5 Å². The number of hydrogen-bond donors (Lipinski definition) is 1. The molecule has 0 unspecified atom stereocenters. The molecule has 0 radical (unpaired) electrons. The summed E-state index contributed by atoms with van der Waals surface area (Å²) in [5.74, 6) is 0. The first-order valence-electron chi connectivity index (χ1n) is 5.30. The van der Waals surface area contributed by atoms with E-state index in [1.165, 1.54) is 0 Å². The van der Waals surface area contributed by atoms with E-state index < -0.39 is 12.8 Å². The fraction of sp³-hybridized carbons (Fsp3) is 0.250. The fourth-order valence-electron chi connectivity index (χ4n) is 1.50. The van der Waals surface area contributed by atoms with Gasteiger partial charge in [-0.15, -0.1) is 0 Å². The molecule has 0 saturated carbocycles. The average molecular weight is 256 g/mol. The van der Waals surface area contributed by atoms with Gasteiger partial charge in [-0.2, -0.15) is 18.7 Å². The monoisotopic (exact) mass is 256 g/mol. The Morgan fingerprint density at radius 2 is 2.06 bits per heavy atom. The lowest BCUT2D eigenvalue weighted by Crippen LogP contribution is -2.24. The van der Waals surface area contributed by atoms with E-state index in [-0.39, 0.29) is 6.54 Å². The Kier molecular flexibility index (Phi) is 3.78. The van der Waals surface area contributed by atoms with E-state index in [1.807, 2.05) is 18.2 Å². The van der Waals surface area contributed by atoms with E-state index in [0.717, 1.165) is 16.5 Å². The number of rotatable bonds is 4. The van der Waals surface area contributed by atoms with Crippen molar-refractivity contribution >= 4 is 10.9 Å². The fourth-order valence-corrected chi connectivity index (χ4v) is 1.50. The van der Waals surface area contributed by atoms with E-state index in [9.17, 15) is 13.2 Å². The van der Waals surface area contributed by atoms with Crippen LogP contribution in [0.5, 0.6) is 0 Å². The molecule has 0 spiro atoms. The molecule has 1 heterocycles. The molecule has 0 aliphatic heterocycles. The molecule has 0 amide bonds. The molecule has 1 aromatic carbocycles. The van der Waals surface area contributed by atoms with Crippen LogP contribution in [0.1, 0.15) is 5.56 Å². The highest BCUT2D eigenvalue weighted by molar-refractivity contribution is 5.78. The van der Waals surface area contributed by atoms with E-state index in [1.54, 1.807) is 18.3 Å². The predicted octanol–water partition coefficient (Wildman–Crippen LogP) is 2.82. The van der Waals surface area contributed by atoms with Crippen LogP contribution in [0, 0.1) is 0 Å². The number of benzene rings is 1. The average Bonchev–Trinajstić information content (AvgIpc) is 2.33. The maximum absolute atomic E-state index is 11.8. The highest BCUT2D eigenvalue weighted by Gasteiger charge is 2.27. The van der Waals surface area contributed by atoms with Gasteiger partial charge in [0.05, 0.1) is 5.52 Å². The quantitative estimate of drug-likeness (QED) is 0.674. The second-order valence-electron chi connectivity index (χ2n) is 3.76. The summed E-state index contributed by atoms with van der Waals surface area (Å²) in [7, 11) is 0. The molecule has 0 bridgehead atoms. The molecule has 0 fully saturated rings. The van der Waals surface area contributed by atoms with Crippen molar-refractivity contribution in [2.75, 3.05) is 6.61 Å². The van der Waals surface area contributed by atoms with Crippen LogP contribution in [0.4, 0.5) is 13.2 Å². The van der Waals surface area contributed by atoms with Gasteiger partial charge in [-0.3, -0.25) is 9.82 Å². The molecule has 6 heteroatoms. The van der Waals surface area contributed by atoms with Gasteiger partial charge in [0.1, 0.15) is 0 Å². The Balaban J connectivity index is 1.92. The van der Waals surface area contributed by atoms with Gasteiger partial charge in [0.15, 0.2) is 6.61 Å². The van der Waals surface area contributed by atoms with Crippen LogP contribution in [0.3, 0.4) is 0 Å². The largest absolute Gasteiger partial charge is 0.413 e. The standard InChI is InChI=1S/C12H11F3N2O/c13-12(14,15)8-18-17-7-9-3-4-11-10(6-9)2-1-5-16-11/h1-6,17H,7-8H2. The number of pyridine rings is 1. The molecular formula is C12H11F3N2O. The van der Waals surface area contributed by atoms with Crippen LogP contribution < -0.4 is 5.48 Å². The Morgan fingerprint density at radius 1 is 1.22 bits per heavy atom. The van der Waals surface area contributed by atoms with Gasteiger partial charge >= 0.3 is 6.18 Å². The van der Waals surface area contributed by atoms with E-state index in [2.05, 4.69) is 15.3 Å². The Hall–Kier alpha value is -1.66. The lowest BCUT2D eigenvalue weighted by molar-refractivity contribution is -0.190. The van der Waals surface area contributed by atoms with E-state index >= 15 is 0 Å². The number of hydrogen-bond acceptors (Lipinski definition) is 3. The van der Waals surface area contributed by atoms with Crippen molar-refractivity contribution in [2.24, 2.45) is 0 Å². The molecule has 0 saturated heterocycles. The van der Waals surface area contributed by atoms with Gasteiger partial charge < -0.3 is 0 Å². The van der Waals surface area contributed by atoms with E-state index in [4.69, 9.17) is 0 Å².